The molecule has 28 heavy (non-hydrogen) atoms. The number of amides is 1. The van der Waals surface area contributed by atoms with E-state index in [2.05, 4.69) is 31.0 Å². The predicted molar refractivity (Wildman–Crippen MR) is 104 cm³/mol. The van der Waals surface area contributed by atoms with E-state index in [0.717, 1.165) is 31.5 Å². The van der Waals surface area contributed by atoms with Crippen molar-refractivity contribution in [1.82, 2.24) is 24.5 Å². The van der Waals surface area contributed by atoms with Crippen LogP contribution in [-0.2, 0) is 18.5 Å². The maximum Gasteiger partial charge on any atom is 0.266 e. The first kappa shape index (κ1) is 18.7. The smallest absolute Gasteiger partial charge is 0.266 e. The molecular weight excluding hydrogens is 358 g/mol. The quantitative estimate of drug-likeness (QED) is 0.805. The van der Waals surface area contributed by atoms with Gasteiger partial charge in [-0.25, -0.2) is 9.36 Å². The van der Waals surface area contributed by atoms with Gasteiger partial charge in [0.1, 0.15) is 5.56 Å². The van der Waals surface area contributed by atoms with Crippen LogP contribution in [0, 0.1) is 0 Å². The molecule has 8 nitrogen and oxygen atoms in total. The standard InChI is InChI=1S/C20H27N5O3/c1-20(2,3)16-7-8-17(26)25(22-16)13-14-6-4-9-23(14)18(27)15-12-21-24-10-5-11-28-19(15)24/h7-8,12,14H,4-6,9-11,13H2,1-3H3. The van der Waals surface area contributed by atoms with Crippen molar-refractivity contribution in [2.45, 2.75) is 64.6 Å². The zero-order valence-corrected chi connectivity index (χ0v) is 16.7. The second-order valence-electron chi connectivity index (χ2n) is 8.57. The molecule has 4 rings (SSSR count). The molecule has 1 atom stereocenters. The van der Waals surface area contributed by atoms with Crippen molar-refractivity contribution in [2.75, 3.05) is 13.2 Å². The summed E-state index contributed by atoms with van der Waals surface area (Å²) in [6, 6.07) is 3.29. The number of nitrogens with zero attached hydrogens (tertiary/aromatic N) is 5. The molecule has 2 aliphatic heterocycles. The van der Waals surface area contributed by atoms with Gasteiger partial charge in [0.2, 0.25) is 5.88 Å². The number of aryl methyl sites for hydroxylation is 1. The molecule has 8 heteroatoms. The number of hydrogen-bond donors (Lipinski definition) is 0. The fraction of sp³-hybridized carbons (Fsp3) is 0.600. The van der Waals surface area contributed by atoms with E-state index >= 15 is 0 Å². The zero-order valence-electron chi connectivity index (χ0n) is 16.7. The monoisotopic (exact) mass is 385 g/mol. The maximum atomic E-state index is 13.2. The number of likely N-dealkylation sites (tertiary alicyclic amines) is 1. The highest BCUT2D eigenvalue weighted by Gasteiger charge is 2.33. The van der Waals surface area contributed by atoms with Crippen molar-refractivity contribution >= 4 is 5.91 Å². The lowest BCUT2D eigenvalue weighted by Crippen LogP contribution is -2.41. The molecule has 0 aliphatic carbocycles. The van der Waals surface area contributed by atoms with Crippen molar-refractivity contribution < 1.29 is 9.53 Å². The lowest BCUT2D eigenvalue weighted by atomic mass is 9.92. The number of ether oxygens (including phenoxy) is 1. The maximum absolute atomic E-state index is 13.2. The number of carbonyl (C=O) groups is 1. The topological polar surface area (TPSA) is 82.2 Å². The molecule has 0 radical (unpaired) electrons. The molecule has 2 aromatic rings. The number of rotatable bonds is 3. The average Bonchev–Trinajstić information content (AvgIpc) is 3.29. The minimum Gasteiger partial charge on any atom is -0.477 e. The van der Waals surface area contributed by atoms with E-state index in [1.807, 2.05) is 4.90 Å². The Balaban J connectivity index is 1.57. The molecule has 0 N–H and O–H groups in total. The summed E-state index contributed by atoms with van der Waals surface area (Å²) < 4.78 is 8.94. The molecule has 1 amide bonds. The Morgan fingerprint density at radius 3 is 2.86 bits per heavy atom. The Kier molecular flexibility index (Phi) is 4.72. The second kappa shape index (κ2) is 7.07. The summed E-state index contributed by atoms with van der Waals surface area (Å²) in [5.41, 5.74) is 1.09. The fourth-order valence-corrected chi connectivity index (χ4v) is 3.84. The van der Waals surface area contributed by atoms with Gasteiger partial charge in [0.05, 0.1) is 31.1 Å². The number of hydrogen-bond acceptors (Lipinski definition) is 5. The van der Waals surface area contributed by atoms with Crippen LogP contribution in [0.15, 0.2) is 23.1 Å². The highest BCUT2D eigenvalue weighted by atomic mass is 16.5. The van der Waals surface area contributed by atoms with Crippen LogP contribution in [-0.4, -0.2) is 49.6 Å². The summed E-state index contributed by atoms with van der Waals surface area (Å²) in [5, 5.41) is 8.85. The normalized spacial score (nSPS) is 19.4. The van der Waals surface area contributed by atoms with Crippen LogP contribution >= 0.6 is 0 Å². The highest BCUT2D eigenvalue weighted by Crippen LogP contribution is 2.28. The van der Waals surface area contributed by atoms with Crippen LogP contribution in [0.1, 0.15) is 56.1 Å². The van der Waals surface area contributed by atoms with Crippen molar-refractivity contribution in [2.24, 2.45) is 0 Å². The summed E-state index contributed by atoms with van der Waals surface area (Å²) in [6.07, 6.45) is 4.26. The Labute approximate surface area is 164 Å². The third-order valence-electron chi connectivity index (χ3n) is 5.43. The van der Waals surface area contributed by atoms with Crippen LogP contribution in [0.5, 0.6) is 5.88 Å². The van der Waals surface area contributed by atoms with Gasteiger partial charge in [0.15, 0.2) is 0 Å². The molecule has 2 aromatic heterocycles. The molecule has 1 unspecified atom stereocenters. The van der Waals surface area contributed by atoms with E-state index in [9.17, 15) is 9.59 Å². The van der Waals surface area contributed by atoms with E-state index in [-0.39, 0.29) is 22.9 Å². The lowest BCUT2D eigenvalue weighted by molar-refractivity contribution is 0.0713. The summed E-state index contributed by atoms with van der Waals surface area (Å²) in [4.78, 5) is 27.4. The Hall–Kier alpha value is -2.64. The largest absolute Gasteiger partial charge is 0.477 e. The third kappa shape index (κ3) is 3.43. The van der Waals surface area contributed by atoms with Gasteiger partial charge >= 0.3 is 0 Å². The average molecular weight is 385 g/mol. The molecule has 0 spiro atoms. The van der Waals surface area contributed by atoms with E-state index < -0.39 is 0 Å². The first-order valence-electron chi connectivity index (χ1n) is 9.93. The lowest BCUT2D eigenvalue weighted by Gasteiger charge is -2.26. The van der Waals surface area contributed by atoms with Gasteiger partial charge in [-0.2, -0.15) is 10.2 Å². The van der Waals surface area contributed by atoms with E-state index in [0.29, 0.717) is 31.1 Å². The molecule has 1 fully saturated rings. The van der Waals surface area contributed by atoms with Gasteiger partial charge in [-0.1, -0.05) is 20.8 Å². The number of fused-ring (bicyclic) bond motifs is 1. The van der Waals surface area contributed by atoms with Crippen molar-refractivity contribution in [3.63, 3.8) is 0 Å². The molecule has 4 heterocycles. The van der Waals surface area contributed by atoms with Gasteiger partial charge in [-0.05, 0) is 18.9 Å². The SMILES string of the molecule is CC(C)(C)c1ccc(=O)n(CC2CCCN2C(=O)c2cnn3c2OCCC3)n1. The van der Waals surface area contributed by atoms with Gasteiger partial charge in [0.25, 0.3) is 11.5 Å². The van der Waals surface area contributed by atoms with Gasteiger partial charge < -0.3 is 9.64 Å². The highest BCUT2D eigenvalue weighted by molar-refractivity contribution is 5.96. The predicted octanol–water partition coefficient (Wildman–Crippen LogP) is 1.82. The Bertz CT molecular complexity index is 940. The van der Waals surface area contributed by atoms with Crippen molar-refractivity contribution in [3.8, 4) is 5.88 Å². The van der Waals surface area contributed by atoms with Gasteiger partial charge in [-0.3, -0.25) is 9.59 Å². The Morgan fingerprint density at radius 1 is 1.25 bits per heavy atom. The molecular formula is C20H27N5O3. The van der Waals surface area contributed by atoms with Gasteiger partial charge in [-0.15, -0.1) is 0 Å². The van der Waals surface area contributed by atoms with E-state index in [1.54, 1.807) is 23.0 Å². The first-order chi connectivity index (χ1) is 13.3. The number of carbonyl (C=O) groups excluding carboxylic acids is 1. The van der Waals surface area contributed by atoms with Crippen LogP contribution in [0.3, 0.4) is 0 Å². The summed E-state index contributed by atoms with van der Waals surface area (Å²) in [7, 11) is 0. The molecule has 1 saturated heterocycles. The van der Waals surface area contributed by atoms with E-state index in [4.69, 9.17) is 4.74 Å². The third-order valence-corrected chi connectivity index (χ3v) is 5.43. The fourth-order valence-electron chi connectivity index (χ4n) is 3.84. The molecule has 0 bridgehead atoms. The molecule has 2 aliphatic rings. The number of aromatic nitrogens is 4. The Morgan fingerprint density at radius 2 is 2.07 bits per heavy atom. The van der Waals surface area contributed by atoms with Crippen LogP contribution < -0.4 is 10.3 Å². The van der Waals surface area contributed by atoms with Crippen LogP contribution in [0.25, 0.3) is 0 Å². The van der Waals surface area contributed by atoms with E-state index in [1.165, 1.54) is 4.68 Å². The minimum absolute atomic E-state index is 0.0629. The zero-order chi connectivity index (χ0) is 19.9. The van der Waals surface area contributed by atoms with Crippen LogP contribution in [0.2, 0.25) is 0 Å². The van der Waals surface area contributed by atoms with Crippen molar-refractivity contribution in [1.29, 1.82) is 0 Å². The van der Waals surface area contributed by atoms with Crippen LogP contribution in [0.4, 0.5) is 0 Å². The van der Waals surface area contributed by atoms with Crippen molar-refractivity contribution in [3.05, 3.63) is 39.9 Å². The summed E-state index contributed by atoms with van der Waals surface area (Å²) in [5.74, 6) is 0.484. The van der Waals surface area contributed by atoms with Gasteiger partial charge in [0, 0.05) is 31.0 Å². The second-order valence-corrected chi connectivity index (χ2v) is 8.57. The molecule has 0 aromatic carbocycles. The summed E-state index contributed by atoms with van der Waals surface area (Å²) >= 11 is 0. The molecule has 150 valence electrons. The first-order valence-corrected chi connectivity index (χ1v) is 9.93. The minimum atomic E-state index is -0.144. The molecule has 0 saturated carbocycles. The summed E-state index contributed by atoms with van der Waals surface area (Å²) in [6.45, 7) is 8.65.